The molecular weight excluding hydrogens is 332 g/mol. The third kappa shape index (κ3) is 3.92. The molecule has 0 aromatic heterocycles. The van der Waals surface area contributed by atoms with E-state index < -0.39 is 0 Å². The second-order valence-electron chi connectivity index (χ2n) is 4.74. The van der Waals surface area contributed by atoms with Crippen LogP contribution in [0.3, 0.4) is 0 Å². The number of hydrogen-bond donors (Lipinski definition) is 2. The zero-order valence-corrected chi connectivity index (χ0v) is 13.3. The molecular formula is C16H15BrN2O2. The van der Waals surface area contributed by atoms with Crippen molar-refractivity contribution in [3.63, 3.8) is 0 Å². The maximum Gasteiger partial charge on any atom is 0.269 e. The van der Waals surface area contributed by atoms with Gasteiger partial charge in [0, 0.05) is 15.6 Å². The molecule has 2 aromatic carbocycles. The first-order chi connectivity index (χ1) is 9.97. The van der Waals surface area contributed by atoms with E-state index in [-0.39, 0.29) is 11.8 Å². The largest absolute Gasteiger partial charge is 0.269 e. The Morgan fingerprint density at radius 1 is 0.952 bits per heavy atom. The second kappa shape index (κ2) is 6.54. The number of halogens is 1. The van der Waals surface area contributed by atoms with Crippen LogP contribution in [0.1, 0.15) is 31.8 Å². The van der Waals surface area contributed by atoms with Crippen molar-refractivity contribution in [1.82, 2.24) is 10.9 Å². The Morgan fingerprint density at radius 3 is 2.33 bits per heavy atom. The highest BCUT2D eigenvalue weighted by molar-refractivity contribution is 9.10. The van der Waals surface area contributed by atoms with Crippen LogP contribution < -0.4 is 10.9 Å². The third-order valence-corrected chi connectivity index (χ3v) is 3.50. The number of carbonyl (C=O) groups is 2. The number of rotatable bonds is 2. The molecule has 5 heteroatoms. The predicted molar refractivity (Wildman–Crippen MR) is 85.0 cm³/mol. The van der Waals surface area contributed by atoms with Crippen molar-refractivity contribution in [2.75, 3.05) is 0 Å². The van der Waals surface area contributed by atoms with Gasteiger partial charge in [-0.25, -0.2) is 0 Å². The van der Waals surface area contributed by atoms with E-state index in [1.165, 1.54) is 0 Å². The molecule has 0 unspecified atom stereocenters. The number of nitrogens with one attached hydrogen (secondary N) is 2. The molecule has 0 radical (unpaired) electrons. The van der Waals surface area contributed by atoms with Crippen molar-refractivity contribution in [1.29, 1.82) is 0 Å². The summed E-state index contributed by atoms with van der Waals surface area (Å²) in [5.41, 5.74) is 7.78. The molecule has 0 fully saturated rings. The van der Waals surface area contributed by atoms with Crippen molar-refractivity contribution in [3.8, 4) is 0 Å². The van der Waals surface area contributed by atoms with Gasteiger partial charge in [0.25, 0.3) is 11.8 Å². The van der Waals surface area contributed by atoms with E-state index in [1.54, 1.807) is 24.3 Å². The van der Waals surface area contributed by atoms with Crippen LogP contribution in [0.25, 0.3) is 0 Å². The quantitative estimate of drug-likeness (QED) is 0.820. The van der Waals surface area contributed by atoms with E-state index in [4.69, 9.17) is 0 Å². The normalized spacial score (nSPS) is 10.0. The molecule has 2 aromatic rings. The number of amides is 2. The Balaban J connectivity index is 2.02. The first-order valence-electron chi connectivity index (χ1n) is 6.41. The van der Waals surface area contributed by atoms with Crippen LogP contribution in [0.15, 0.2) is 46.9 Å². The molecule has 108 valence electrons. The molecule has 0 aliphatic carbocycles. The van der Waals surface area contributed by atoms with Crippen LogP contribution >= 0.6 is 15.9 Å². The lowest BCUT2D eigenvalue weighted by Gasteiger charge is -2.10. The van der Waals surface area contributed by atoms with Gasteiger partial charge in [0.15, 0.2) is 0 Å². The molecule has 0 aliphatic rings. The SMILES string of the molecule is Cc1ccc(C(=O)NNC(=O)c2cccc(Br)c2)c(C)c1. The highest BCUT2D eigenvalue weighted by Gasteiger charge is 2.11. The van der Waals surface area contributed by atoms with Gasteiger partial charge in [0.05, 0.1) is 0 Å². The van der Waals surface area contributed by atoms with Crippen molar-refractivity contribution in [2.45, 2.75) is 13.8 Å². The van der Waals surface area contributed by atoms with Gasteiger partial charge in [-0.15, -0.1) is 0 Å². The minimum atomic E-state index is -0.366. The Bertz CT molecular complexity index is 698. The number of aryl methyl sites for hydroxylation is 2. The maximum atomic E-state index is 12.0. The van der Waals surface area contributed by atoms with E-state index >= 15 is 0 Å². The lowest BCUT2D eigenvalue weighted by atomic mass is 10.1. The van der Waals surface area contributed by atoms with E-state index in [0.29, 0.717) is 11.1 Å². The van der Waals surface area contributed by atoms with Crippen molar-refractivity contribution in [2.24, 2.45) is 0 Å². The lowest BCUT2D eigenvalue weighted by molar-refractivity contribution is 0.0846. The number of hydrogen-bond acceptors (Lipinski definition) is 2. The lowest BCUT2D eigenvalue weighted by Crippen LogP contribution is -2.41. The standard InChI is InChI=1S/C16H15BrN2O2/c1-10-6-7-14(11(2)8-10)16(21)19-18-15(20)12-4-3-5-13(17)9-12/h3-9H,1-2H3,(H,18,20)(H,19,21). The fourth-order valence-corrected chi connectivity index (χ4v) is 2.35. The molecule has 0 spiro atoms. The Labute approximate surface area is 131 Å². The Morgan fingerprint density at radius 2 is 1.67 bits per heavy atom. The average Bonchev–Trinajstić information content (AvgIpc) is 2.44. The summed E-state index contributed by atoms with van der Waals surface area (Å²) in [6.07, 6.45) is 0. The first kappa shape index (κ1) is 15.3. The monoisotopic (exact) mass is 346 g/mol. The van der Waals surface area contributed by atoms with Crippen LogP contribution in [-0.4, -0.2) is 11.8 Å². The zero-order chi connectivity index (χ0) is 15.4. The average molecular weight is 347 g/mol. The smallest absolute Gasteiger partial charge is 0.267 e. The first-order valence-corrected chi connectivity index (χ1v) is 7.20. The van der Waals surface area contributed by atoms with Gasteiger partial charge in [0.1, 0.15) is 0 Å². The van der Waals surface area contributed by atoms with Crippen molar-refractivity contribution in [3.05, 3.63) is 69.2 Å². The minimum absolute atomic E-state index is 0.337. The molecule has 2 amide bonds. The van der Waals surface area contributed by atoms with Crippen LogP contribution in [0.2, 0.25) is 0 Å². The fraction of sp³-hybridized carbons (Fsp3) is 0.125. The van der Waals surface area contributed by atoms with Gasteiger partial charge in [-0.3, -0.25) is 20.4 Å². The van der Waals surface area contributed by atoms with Crippen molar-refractivity contribution >= 4 is 27.7 Å². The summed E-state index contributed by atoms with van der Waals surface area (Å²) in [6.45, 7) is 3.82. The molecule has 4 nitrogen and oxygen atoms in total. The van der Waals surface area contributed by atoms with Gasteiger partial charge in [0.2, 0.25) is 0 Å². The van der Waals surface area contributed by atoms with Crippen LogP contribution in [0.5, 0.6) is 0 Å². The highest BCUT2D eigenvalue weighted by atomic mass is 79.9. The van der Waals surface area contributed by atoms with E-state index in [2.05, 4.69) is 26.8 Å². The van der Waals surface area contributed by atoms with Crippen molar-refractivity contribution < 1.29 is 9.59 Å². The van der Waals surface area contributed by atoms with Crippen LogP contribution in [-0.2, 0) is 0 Å². The van der Waals surface area contributed by atoms with Gasteiger partial charge in [-0.2, -0.15) is 0 Å². The summed E-state index contributed by atoms with van der Waals surface area (Å²) in [7, 11) is 0. The summed E-state index contributed by atoms with van der Waals surface area (Å²) in [5, 5.41) is 0. The predicted octanol–water partition coefficient (Wildman–Crippen LogP) is 3.14. The van der Waals surface area contributed by atoms with Gasteiger partial charge in [-0.05, 0) is 43.7 Å². The third-order valence-electron chi connectivity index (χ3n) is 3.00. The molecule has 2 N–H and O–H groups in total. The van der Waals surface area contributed by atoms with Gasteiger partial charge in [-0.1, -0.05) is 39.7 Å². The summed E-state index contributed by atoms with van der Waals surface area (Å²) in [4.78, 5) is 24.0. The summed E-state index contributed by atoms with van der Waals surface area (Å²) in [5.74, 6) is -0.703. The molecule has 0 saturated carbocycles. The van der Waals surface area contributed by atoms with Crippen LogP contribution in [0.4, 0.5) is 0 Å². The number of benzene rings is 2. The molecule has 21 heavy (non-hydrogen) atoms. The molecule has 0 saturated heterocycles. The van der Waals surface area contributed by atoms with E-state index in [1.807, 2.05) is 32.0 Å². The summed E-state index contributed by atoms with van der Waals surface area (Å²) in [6, 6.07) is 12.5. The zero-order valence-electron chi connectivity index (χ0n) is 11.7. The number of carbonyl (C=O) groups excluding carboxylic acids is 2. The molecule has 2 rings (SSSR count). The summed E-state index contributed by atoms with van der Waals surface area (Å²) < 4.78 is 0.802. The molecule has 0 bridgehead atoms. The van der Waals surface area contributed by atoms with Gasteiger partial charge < -0.3 is 0 Å². The topological polar surface area (TPSA) is 58.2 Å². The summed E-state index contributed by atoms with van der Waals surface area (Å²) >= 11 is 3.30. The maximum absolute atomic E-state index is 12.0. The Kier molecular flexibility index (Phi) is 4.75. The van der Waals surface area contributed by atoms with Gasteiger partial charge >= 0.3 is 0 Å². The molecule has 0 atom stereocenters. The minimum Gasteiger partial charge on any atom is -0.267 e. The highest BCUT2D eigenvalue weighted by Crippen LogP contribution is 2.12. The molecule has 0 heterocycles. The second-order valence-corrected chi connectivity index (χ2v) is 5.65. The van der Waals surface area contributed by atoms with E-state index in [9.17, 15) is 9.59 Å². The molecule has 0 aliphatic heterocycles. The fourth-order valence-electron chi connectivity index (χ4n) is 1.95. The van der Waals surface area contributed by atoms with Crippen LogP contribution in [0, 0.1) is 13.8 Å². The van der Waals surface area contributed by atoms with E-state index in [0.717, 1.165) is 15.6 Å². The Hall–Kier alpha value is -2.14. The number of hydrazine groups is 1.